The van der Waals surface area contributed by atoms with Crippen molar-refractivity contribution in [3.8, 4) is 11.8 Å². The molecule has 0 aliphatic carbocycles. The van der Waals surface area contributed by atoms with Gasteiger partial charge in [-0.15, -0.1) is 0 Å². The number of ether oxygens (including phenoxy) is 1. The van der Waals surface area contributed by atoms with Gasteiger partial charge in [0.25, 0.3) is 5.91 Å². The Hall–Kier alpha value is -2.75. The van der Waals surface area contributed by atoms with E-state index in [0.717, 1.165) is 0 Å². The molecule has 0 saturated carbocycles. The molecule has 26 heavy (non-hydrogen) atoms. The summed E-state index contributed by atoms with van der Waals surface area (Å²) in [7, 11) is 0. The fraction of sp³-hybridized carbons (Fsp3) is 0.167. The summed E-state index contributed by atoms with van der Waals surface area (Å²) in [6.07, 6.45) is 0.608. The second kappa shape index (κ2) is 9.66. The number of benzene rings is 2. The van der Waals surface area contributed by atoms with Crippen LogP contribution in [-0.2, 0) is 4.79 Å². The lowest BCUT2D eigenvalue weighted by Gasteiger charge is -2.09. The number of nitrogens with one attached hydrogen (secondary N) is 2. The van der Waals surface area contributed by atoms with Gasteiger partial charge in [-0.25, -0.2) is 0 Å². The molecule has 0 fully saturated rings. The first-order valence-electron chi connectivity index (χ1n) is 7.67. The van der Waals surface area contributed by atoms with Gasteiger partial charge < -0.3 is 4.74 Å². The van der Waals surface area contributed by atoms with Crippen LogP contribution >= 0.6 is 23.2 Å². The molecule has 6 nitrogen and oxygen atoms in total. The number of carbonyl (C=O) groups is 2. The Morgan fingerprint density at radius 1 is 1.08 bits per heavy atom. The Labute approximate surface area is 160 Å². The highest BCUT2D eigenvalue weighted by atomic mass is 35.5. The number of nitrogens with zero attached hydrogens (tertiary/aromatic N) is 1. The minimum absolute atomic E-state index is 0.166. The van der Waals surface area contributed by atoms with E-state index >= 15 is 0 Å². The summed E-state index contributed by atoms with van der Waals surface area (Å²) < 4.78 is 5.47. The Morgan fingerprint density at radius 3 is 2.46 bits per heavy atom. The van der Waals surface area contributed by atoms with Crippen LogP contribution in [0.2, 0.25) is 10.0 Å². The zero-order chi connectivity index (χ0) is 18.9. The lowest BCUT2D eigenvalue weighted by atomic mass is 10.1. The zero-order valence-electron chi connectivity index (χ0n) is 13.6. The molecule has 0 aromatic heterocycles. The summed E-state index contributed by atoms with van der Waals surface area (Å²) in [6.45, 7) is 0.290. The predicted molar refractivity (Wildman–Crippen MR) is 98.0 cm³/mol. The van der Waals surface area contributed by atoms with Gasteiger partial charge >= 0.3 is 0 Å². The van der Waals surface area contributed by atoms with Crippen molar-refractivity contribution in [1.82, 2.24) is 10.9 Å². The van der Waals surface area contributed by atoms with Gasteiger partial charge in [0.1, 0.15) is 5.75 Å². The Bertz CT molecular complexity index is 833. The van der Waals surface area contributed by atoms with Crippen molar-refractivity contribution in [2.75, 3.05) is 6.61 Å². The van der Waals surface area contributed by atoms with Crippen LogP contribution in [0.15, 0.2) is 42.5 Å². The highest BCUT2D eigenvalue weighted by Gasteiger charge is 2.08. The van der Waals surface area contributed by atoms with Gasteiger partial charge in [-0.1, -0.05) is 23.2 Å². The van der Waals surface area contributed by atoms with Gasteiger partial charge in [0.05, 0.1) is 23.3 Å². The predicted octanol–water partition coefficient (Wildman–Crippen LogP) is 3.49. The summed E-state index contributed by atoms with van der Waals surface area (Å²) in [6, 6.07) is 12.9. The van der Waals surface area contributed by atoms with Crippen molar-refractivity contribution in [3.05, 3.63) is 63.6 Å². The van der Waals surface area contributed by atoms with Crippen molar-refractivity contribution in [1.29, 1.82) is 5.26 Å². The molecular weight excluding hydrogens is 377 g/mol. The molecule has 2 N–H and O–H groups in total. The van der Waals surface area contributed by atoms with E-state index in [9.17, 15) is 9.59 Å². The highest BCUT2D eigenvalue weighted by molar-refractivity contribution is 6.35. The summed E-state index contributed by atoms with van der Waals surface area (Å²) >= 11 is 11.8. The maximum Gasteiger partial charge on any atom is 0.269 e. The standard InChI is InChI=1S/C18H15Cl2N3O3/c19-14-7-8-16(15(20)10-14)26-9-1-2-17(24)22-23-18(25)13-5-3-12(11-21)4-6-13/h3-8,10H,1-2,9H2,(H,22,24)(H,23,25). The van der Waals surface area contributed by atoms with Crippen molar-refractivity contribution < 1.29 is 14.3 Å². The van der Waals surface area contributed by atoms with E-state index in [0.29, 0.717) is 39.9 Å². The second-order valence-corrected chi connectivity index (χ2v) is 6.06. The Balaban J connectivity index is 1.68. The van der Waals surface area contributed by atoms with Crippen LogP contribution in [0.25, 0.3) is 0 Å². The molecule has 0 aliphatic heterocycles. The number of nitriles is 1. The number of carbonyl (C=O) groups excluding carboxylic acids is 2. The van der Waals surface area contributed by atoms with E-state index in [4.69, 9.17) is 33.2 Å². The molecule has 0 spiro atoms. The first kappa shape index (κ1) is 19.6. The molecule has 134 valence electrons. The van der Waals surface area contributed by atoms with Gasteiger partial charge in [-0.05, 0) is 48.9 Å². The fourth-order valence-corrected chi connectivity index (χ4v) is 2.43. The number of amides is 2. The smallest absolute Gasteiger partial charge is 0.269 e. The highest BCUT2D eigenvalue weighted by Crippen LogP contribution is 2.27. The topological polar surface area (TPSA) is 91.2 Å². The maximum atomic E-state index is 11.9. The molecule has 2 rings (SSSR count). The van der Waals surface area contributed by atoms with E-state index in [1.807, 2.05) is 6.07 Å². The Morgan fingerprint density at radius 2 is 1.81 bits per heavy atom. The molecule has 0 unspecified atom stereocenters. The van der Waals surface area contributed by atoms with E-state index < -0.39 is 5.91 Å². The van der Waals surface area contributed by atoms with Crippen LogP contribution in [0, 0.1) is 11.3 Å². The SMILES string of the molecule is N#Cc1ccc(C(=O)NNC(=O)CCCOc2ccc(Cl)cc2Cl)cc1. The average molecular weight is 392 g/mol. The summed E-state index contributed by atoms with van der Waals surface area (Å²) in [5.41, 5.74) is 5.42. The molecule has 0 bridgehead atoms. The summed E-state index contributed by atoms with van der Waals surface area (Å²) in [5.74, 6) is -0.324. The summed E-state index contributed by atoms with van der Waals surface area (Å²) in [4.78, 5) is 23.6. The van der Waals surface area contributed by atoms with Crippen LogP contribution in [0.4, 0.5) is 0 Å². The minimum atomic E-state index is -0.466. The summed E-state index contributed by atoms with van der Waals surface area (Å²) in [5, 5.41) is 9.63. The van der Waals surface area contributed by atoms with E-state index in [-0.39, 0.29) is 12.3 Å². The van der Waals surface area contributed by atoms with Crippen LogP contribution in [0.3, 0.4) is 0 Å². The molecular formula is C18H15Cl2N3O3. The third-order valence-corrected chi connectivity index (χ3v) is 3.82. The number of rotatable bonds is 6. The maximum absolute atomic E-state index is 11.9. The third-order valence-electron chi connectivity index (χ3n) is 3.29. The van der Waals surface area contributed by atoms with Crippen molar-refractivity contribution in [2.24, 2.45) is 0 Å². The quantitative estimate of drug-likeness (QED) is 0.582. The molecule has 0 aliphatic rings. The zero-order valence-corrected chi connectivity index (χ0v) is 15.1. The number of halogens is 2. The van der Waals surface area contributed by atoms with Gasteiger partial charge in [-0.2, -0.15) is 5.26 Å². The lowest BCUT2D eigenvalue weighted by molar-refractivity contribution is -0.122. The van der Waals surface area contributed by atoms with Gasteiger partial charge in [0.2, 0.25) is 5.91 Å². The number of hydrogen-bond acceptors (Lipinski definition) is 4. The number of hydrogen-bond donors (Lipinski definition) is 2. The average Bonchev–Trinajstić information content (AvgIpc) is 2.64. The molecule has 0 saturated heterocycles. The fourth-order valence-electron chi connectivity index (χ4n) is 1.96. The largest absolute Gasteiger partial charge is 0.492 e. The van der Waals surface area contributed by atoms with Crippen LogP contribution in [0.1, 0.15) is 28.8 Å². The van der Waals surface area contributed by atoms with E-state index in [1.165, 1.54) is 24.3 Å². The van der Waals surface area contributed by atoms with Crippen LogP contribution in [0.5, 0.6) is 5.75 Å². The second-order valence-electron chi connectivity index (χ2n) is 5.22. The molecule has 0 heterocycles. The molecule has 0 radical (unpaired) electrons. The molecule has 8 heteroatoms. The molecule has 2 aromatic carbocycles. The van der Waals surface area contributed by atoms with Gasteiger partial charge in [0, 0.05) is 17.0 Å². The normalized spacial score (nSPS) is 9.88. The van der Waals surface area contributed by atoms with Crippen molar-refractivity contribution >= 4 is 35.0 Å². The van der Waals surface area contributed by atoms with E-state index in [2.05, 4.69) is 10.9 Å². The lowest BCUT2D eigenvalue weighted by Crippen LogP contribution is -2.41. The van der Waals surface area contributed by atoms with Crippen molar-refractivity contribution in [3.63, 3.8) is 0 Å². The van der Waals surface area contributed by atoms with E-state index in [1.54, 1.807) is 18.2 Å². The monoisotopic (exact) mass is 391 g/mol. The molecule has 0 atom stereocenters. The third kappa shape index (κ3) is 5.96. The molecule has 2 amide bonds. The minimum Gasteiger partial charge on any atom is -0.492 e. The van der Waals surface area contributed by atoms with Gasteiger partial charge in [0.15, 0.2) is 0 Å². The first-order chi connectivity index (χ1) is 12.5. The van der Waals surface area contributed by atoms with Crippen molar-refractivity contribution in [2.45, 2.75) is 12.8 Å². The van der Waals surface area contributed by atoms with Crippen LogP contribution < -0.4 is 15.6 Å². The molecule has 2 aromatic rings. The Kier molecular flexibility index (Phi) is 7.27. The number of hydrazine groups is 1. The van der Waals surface area contributed by atoms with Gasteiger partial charge in [-0.3, -0.25) is 20.4 Å². The van der Waals surface area contributed by atoms with Crippen LogP contribution in [-0.4, -0.2) is 18.4 Å². The first-order valence-corrected chi connectivity index (χ1v) is 8.42.